The summed E-state index contributed by atoms with van der Waals surface area (Å²) in [5.41, 5.74) is 8.99. The molecular weight excluding hydrogens is 438 g/mol. The van der Waals surface area contributed by atoms with Gasteiger partial charge in [-0.2, -0.15) is 0 Å². The van der Waals surface area contributed by atoms with Crippen molar-refractivity contribution < 1.29 is 4.42 Å². The number of rotatable bonds is 2. The zero-order chi connectivity index (χ0) is 23.6. The predicted molar refractivity (Wildman–Crippen MR) is 151 cm³/mol. The summed E-state index contributed by atoms with van der Waals surface area (Å²) >= 11 is 0. The van der Waals surface area contributed by atoms with Gasteiger partial charge >= 0.3 is 0 Å². The molecule has 0 amide bonds. The molecule has 2 heterocycles. The van der Waals surface area contributed by atoms with E-state index in [0.717, 1.165) is 27.5 Å². The Labute approximate surface area is 207 Å². The summed E-state index contributed by atoms with van der Waals surface area (Å²) in [5, 5.41) is 7.30. The smallest absolute Gasteiger partial charge is 0.135 e. The number of H-pyrrole nitrogens is 1. The molecule has 0 aliphatic carbocycles. The molecule has 6 aromatic carbocycles. The zero-order valence-corrected chi connectivity index (χ0v) is 19.5. The lowest BCUT2D eigenvalue weighted by molar-refractivity contribution is 0.669. The van der Waals surface area contributed by atoms with E-state index in [1.54, 1.807) is 0 Å². The first-order chi connectivity index (χ1) is 17.8. The summed E-state index contributed by atoms with van der Waals surface area (Å²) in [7, 11) is 0. The van der Waals surface area contributed by atoms with Crippen molar-refractivity contribution in [3.05, 3.63) is 121 Å². The second-order valence-electron chi connectivity index (χ2n) is 9.48. The molecule has 2 nitrogen and oxygen atoms in total. The van der Waals surface area contributed by atoms with E-state index >= 15 is 0 Å². The van der Waals surface area contributed by atoms with Crippen LogP contribution in [-0.2, 0) is 0 Å². The highest BCUT2D eigenvalue weighted by Gasteiger charge is 2.12. The van der Waals surface area contributed by atoms with Crippen LogP contribution in [0.3, 0.4) is 0 Å². The number of benzene rings is 6. The summed E-state index contributed by atoms with van der Waals surface area (Å²) < 4.78 is 6.23. The van der Waals surface area contributed by atoms with Gasteiger partial charge in [-0.15, -0.1) is 0 Å². The van der Waals surface area contributed by atoms with E-state index in [1.165, 1.54) is 49.3 Å². The molecule has 0 atom stereocenters. The van der Waals surface area contributed by atoms with Crippen LogP contribution >= 0.6 is 0 Å². The number of nitrogens with one attached hydrogen (secondary N) is 1. The summed E-state index contributed by atoms with van der Waals surface area (Å²) in [6, 6.07) is 43.3. The van der Waals surface area contributed by atoms with E-state index in [4.69, 9.17) is 4.42 Å². The van der Waals surface area contributed by atoms with Crippen LogP contribution in [-0.4, -0.2) is 4.98 Å². The van der Waals surface area contributed by atoms with Crippen LogP contribution in [0.1, 0.15) is 0 Å². The summed E-state index contributed by atoms with van der Waals surface area (Å²) in [4.78, 5) is 3.53. The molecule has 2 aromatic heterocycles. The second kappa shape index (κ2) is 7.34. The fourth-order valence-electron chi connectivity index (χ4n) is 5.63. The number of fused-ring (bicyclic) bond motifs is 7. The highest BCUT2D eigenvalue weighted by molar-refractivity contribution is 6.11. The molecule has 0 saturated heterocycles. The van der Waals surface area contributed by atoms with E-state index < -0.39 is 0 Å². The van der Waals surface area contributed by atoms with Crippen molar-refractivity contribution >= 4 is 54.5 Å². The first kappa shape index (κ1) is 19.5. The first-order valence-electron chi connectivity index (χ1n) is 12.3. The first-order valence-corrected chi connectivity index (χ1v) is 12.3. The molecular formula is C34H21NO. The van der Waals surface area contributed by atoms with Gasteiger partial charge in [0.05, 0.1) is 0 Å². The molecule has 0 aliphatic rings. The van der Waals surface area contributed by atoms with Crippen molar-refractivity contribution in [1.29, 1.82) is 0 Å². The van der Waals surface area contributed by atoms with Crippen molar-refractivity contribution in [3.63, 3.8) is 0 Å². The topological polar surface area (TPSA) is 28.9 Å². The maximum Gasteiger partial charge on any atom is 0.135 e. The van der Waals surface area contributed by atoms with Gasteiger partial charge in [-0.3, -0.25) is 0 Å². The molecule has 8 rings (SSSR count). The van der Waals surface area contributed by atoms with E-state index in [1.807, 2.05) is 0 Å². The largest absolute Gasteiger partial charge is 0.456 e. The minimum absolute atomic E-state index is 0.914. The second-order valence-corrected chi connectivity index (χ2v) is 9.48. The Balaban J connectivity index is 1.32. The molecule has 36 heavy (non-hydrogen) atoms. The standard InChI is InChI=1S/C34H21NO/c1-2-8-25-21(6-1)7-5-10-26(25)24-14-17-34-30(20-24)29-19-23(13-16-33(29)36-34)22-12-15-32-28(18-22)27-9-3-4-11-31(27)35-32/h1-20,35H. The van der Waals surface area contributed by atoms with Crippen molar-refractivity contribution in [2.24, 2.45) is 0 Å². The Morgan fingerprint density at radius 3 is 1.89 bits per heavy atom. The van der Waals surface area contributed by atoms with Gasteiger partial charge in [0, 0.05) is 32.6 Å². The quantitative estimate of drug-likeness (QED) is 0.274. The number of hydrogen-bond donors (Lipinski definition) is 1. The fraction of sp³-hybridized carbons (Fsp3) is 0. The molecule has 0 saturated carbocycles. The molecule has 0 fully saturated rings. The molecule has 1 N–H and O–H groups in total. The average molecular weight is 460 g/mol. The van der Waals surface area contributed by atoms with Gasteiger partial charge in [0.1, 0.15) is 11.2 Å². The highest BCUT2D eigenvalue weighted by atomic mass is 16.3. The SMILES string of the molecule is c1ccc2c(-c3ccc4oc5ccc(-c6ccc7[nH]c8ccccc8c7c6)cc5c4c3)cccc2c1. The van der Waals surface area contributed by atoms with E-state index in [9.17, 15) is 0 Å². The predicted octanol–water partition coefficient (Wildman–Crippen LogP) is 9.71. The van der Waals surface area contributed by atoms with Crippen LogP contribution in [0.4, 0.5) is 0 Å². The zero-order valence-electron chi connectivity index (χ0n) is 19.5. The fourth-order valence-corrected chi connectivity index (χ4v) is 5.63. The Hall–Kier alpha value is -4.82. The summed E-state index contributed by atoms with van der Waals surface area (Å²) in [6.45, 7) is 0. The monoisotopic (exact) mass is 459 g/mol. The van der Waals surface area contributed by atoms with Crippen LogP contribution < -0.4 is 0 Å². The van der Waals surface area contributed by atoms with Crippen molar-refractivity contribution in [1.82, 2.24) is 4.98 Å². The van der Waals surface area contributed by atoms with Crippen LogP contribution in [0.25, 0.3) is 76.8 Å². The third-order valence-electron chi connectivity index (χ3n) is 7.41. The van der Waals surface area contributed by atoms with Crippen LogP contribution in [0.5, 0.6) is 0 Å². The summed E-state index contributed by atoms with van der Waals surface area (Å²) in [5.74, 6) is 0. The molecule has 0 bridgehead atoms. The minimum Gasteiger partial charge on any atom is -0.456 e. The molecule has 8 aromatic rings. The lowest BCUT2D eigenvalue weighted by Crippen LogP contribution is -1.81. The highest BCUT2D eigenvalue weighted by Crippen LogP contribution is 2.37. The number of hydrogen-bond acceptors (Lipinski definition) is 1. The molecule has 0 aliphatic heterocycles. The Morgan fingerprint density at radius 2 is 1.03 bits per heavy atom. The Morgan fingerprint density at radius 1 is 0.417 bits per heavy atom. The van der Waals surface area contributed by atoms with E-state index in [0.29, 0.717) is 0 Å². The minimum atomic E-state index is 0.914. The molecule has 0 spiro atoms. The lowest BCUT2D eigenvalue weighted by Gasteiger charge is -2.07. The van der Waals surface area contributed by atoms with E-state index in [-0.39, 0.29) is 0 Å². The lowest BCUT2D eigenvalue weighted by atomic mass is 9.96. The van der Waals surface area contributed by atoms with Gasteiger partial charge < -0.3 is 9.40 Å². The number of aromatic amines is 1. The summed E-state index contributed by atoms with van der Waals surface area (Å²) in [6.07, 6.45) is 0. The van der Waals surface area contributed by atoms with Crippen LogP contribution in [0.15, 0.2) is 126 Å². The molecule has 2 heteroatoms. The van der Waals surface area contributed by atoms with Gasteiger partial charge in [0.2, 0.25) is 0 Å². The van der Waals surface area contributed by atoms with Crippen molar-refractivity contribution in [3.8, 4) is 22.3 Å². The van der Waals surface area contributed by atoms with Crippen LogP contribution in [0.2, 0.25) is 0 Å². The van der Waals surface area contributed by atoms with Crippen molar-refractivity contribution in [2.45, 2.75) is 0 Å². The van der Waals surface area contributed by atoms with Gasteiger partial charge in [-0.1, -0.05) is 78.9 Å². The third-order valence-corrected chi connectivity index (χ3v) is 7.41. The van der Waals surface area contributed by atoms with Crippen LogP contribution in [0, 0.1) is 0 Å². The van der Waals surface area contributed by atoms with Gasteiger partial charge in [-0.25, -0.2) is 0 Å². The average Bonchev–Trinajstić information content (AvgIpc) is 3.49. The van der Waals surface area contributed by atoms with Gasteiger partial charge in [0.15, 0.2) is 0 Å². The number of aromatic nitrogens is 1. The molecule has 168 valence electrons. The van der Waals surface area contributed by atoms with Gasteiger partial charge in [-0.05, 0) is 75.5 Å². The maximum atomic E-state index is 6.23. The third kappa shape index (κ3) is 2.85. The number of para-hydroxylation sites is 1. The van der Waals surface area contributed by atoms with E-state index in [2.05, 4.69) is 126 Å². The molecule has 0 unspecified atom stereocenters. The Bertz CT molecular complexity index is 2100. The normalized spacial score (nSPS) is 11.9. The van der Waals surface area contributed by atoms with Gasteiger partial charge in [0.25, 0.3) is 0 Å². The molecule has 0 radical (unpaired) electrons. The Kier molecular flexibility index (Phi) is 3.97. The maximum absolute atomic E-state index is 6.23. The van der Waals surface area contributed by atoms with Crippen molar-refractivity contribution in [2.75, 3.05) is 0 Å². The number of furan rings is 1.